The first kappa shape index (κ1) is 14.3. The number of hydrogen-bond donors (Lipinski definition) is 1. The summed E-state index contributed by atoms with van der Waals surface area (Å²) in [7, 11) is 0. The SMILES string of the molecule is O/N=C1\[C@H]2CC[C@H](C2)[C@H]1N1CCC(Cc2ccccc2)CC1. The van der Waals surface area contributed by atoms with Crippen molar-refractivity contribution in [2.75, 3.05) is 13.1 Å². The summed E-state index contributed by atoms with van der Waals surface area (Å²) >= 11 is 0. The van der Waals surface area contributed by atoms with Crippen molar-refractivity contribution in [3.05, 3.63) is 35.9 Å². The number of likely N-dealkylation sites (tertiary alicyclic amines) is 1. The highest BCUT2D eigenvalue weighted by Crippen LogP contribution is 2.45. The van der Waals surface area contributed by atoms with Gasteiger partial charge in [0.05, 0.1) is 11.8 Å². The largest absolute Gasteiger partial charge is 0.411 e. The van der Waals surface area contributed by atoms with E-state index in [9.17, 15) is 5.21 Å². The molecular formula is C19H26N2O. The molecule has 2 aliphatic carbocycles. The summed E-state index contributed by atoms with van der Waals surface area (Å²) < 4.78 is 0. The normalized spacial score (nSPS) is 34.5. The van der Waals surface area contributed by atoms with Crippen LogP contribution in [0.4, 0.5) is 0 Å². The summed E-state index contributed by atoms with van der Waals surface area (Å²) in [6.07, 6.45) is 7.60. The van der Waals surface area contributed by atoms with Gasteiger partial charge in [0.25, 0.3) is 0 Å². The molecule has 22 heavy (non-hydrogen) atoms. The predicted molar refractivity (Wildman–Crippen MR) is 88.3 cm³/mol. The number of nitrogens with zero attached hydrogens (tertiary/aromatic N) is 2. The van der Waals surface area contributed by atoms with Crippen molar-refractivity contribution in [3.63, 3.8) is 0 Å². The molecule has 0 unspecified atom stereocenters. The minimum absolute atomic E-state index is 0.446. The molecule has 2 saturated carbocycles. The van der Waals surface area contributed by atoms with Gasteiger partial charge in [-0.15, -0.1) is 0 Å². The third kappa shape index (κ3) is 2.56. The number of rotatable bonds is 3. The Morgan fingerprint density at radius 2 is 1.82 bits per heavy atom. The molecule has 0 aromatic heterocycles. The van der Waals surface area contributed by atoms with Crippen LogP contribution in [0.1, 0.15) is 37.7 Å². The van der Waals surface area contributed by atoms with Crippen LogP contribution in [0.2, 0.25) is 0 Å². The predicted octanol–water partition coefficient (Wildman–Crippen LogP) is 3.57. The first-order valence-electron chi connectivity index (χ1n) is 8.85. The number of fused-ring (bicyclic) bond motifs is 2. The van der Waals surface area contributed by atoms with Gasteiger partial charge in [0.15, 0.2) is 0 Å². The smallest absolute Gasteiger partial charge is 0.0775 e. The van der Waals surface area contributed by atoms with E-state index >= 15 is 0 Å². The zero-order chi connectivity index (χ0) is 14.9. The average Bonchev–Trinajstić information content (AvgIpc) is 3.17. The molecule has 3 heteroatoms. The van der Waals surface area contributed by atoms with Gasteiger partial charge in [-0.1, -0.05) is 35.5 Å². The Morgan fingerprint density at radius 1 is 1.05 bits per heavy atom. The van der Waals surface area contributed by atoms with Gasteiger partial charge in [-0.05, 0) is 69.0 Å². The third-order valence-electron chi connectivity index (χ3n) is 6.17. The third-order valence-corrected chi connectivity index (χ3v) is 6.17. The number of piperidine rings is 1. The van der Waals surface area contributed by atoms with Crippen LogP contribution in [0.25, 0.3) is 0 Å². The average molecular weight is 298 g/mol. The van der Waals surface area contributed by atoms with Crippen LogP contribution in [0.15, 0.2) is 35.5 Å². The molecular weight excluding hydrogens is 272 g/mol. The van der Waals surface area contributed by atoms with E-state index in [4.69, 9.17) is 0 Å². The fourth-order valence-corrected chi connectivity index (χ4v) is 5.06. The molecule has 2 bridgehead atoms. The molecule has 1 heterocycles. The van der Waals surface area contributed by atoms with Crippen molar-refractivity contribution in [2.45, 2.75) is 44.6 Å². The molecule has 3 aliphatic rings. The lowest BCUT2D eigenvalue weighted by Crippen LogP contribution is -2.48. The van der Waals surface area contributed by atoms with E-state index in [-0.39, 0.29) is 0 Å². The van der Waals surface area contributed by atoms with Gasteiger partial charge < -0.3 is 5.21 Å². The van der Waals surface area contributed by atoms with Crippen LogP contribution in [-0.4, -0.2) is 35.0 Å². The molecule has 1 aromatic rings. The highest BCUT2D eigenvalue weighted by atomic mass is 16.4. The fraction of sp³-hybridized carbons (Fsp3) is 0.632. The van der Waals surface area contributed by atoms with Gasteiger partial charge in [0.1, 0.15) is 0 Å². The Morgan fingerprint density at radius 3 is 2.55 bits per heavy atom. The highest BCUT2D eigenvalue weighted by Gasteiger charge is 2.48. The van der Waals surface area contributed by atoms with Gasteiger partial charge in [-0.3, -0.25) is 4.90 Å². The Bertz CT molecular complexity index is 534. The first-order chi connectivity index (χ1) is 10.8. The van der Waals surface area contributed by atoms with Gasteiger partial charge in [-0.25, -0.2) is 0 Å². The summed E-state index contributed by atoms with van der Waals surface area (Å²) in [6, 6.07) is 11.3. The minimum atomic E-state index is 0.446. The van der Waals surface area contributed by atoms with E-state index in [1.54, 1.807) is 0 Å². The van der Waals surface area contributed by atoms with E-state index in [1.165, 1.54) is 57.2 Å². The van der Waals surface area contributed by atoms with Crippen molar-refractivity contribution in [1.82, 2.24) is 4.90 Å². The molecule has 3 fully saturated rings. The maximum absolute atomic E-state index is 9.40. The van der Waals surface area contributed by atoms with Crippen LogP contribution < -0.4 is 0 Å². The zero-order valence-electron chi connectivity index (χ0n) is 13.2. The Hall–Kier alpha value is -1.35. The molecule has 4 rings (SSSR count). The topological polar surface area (TPSA) is 35.8 Å². The number of oxime groups is 1. The highest BCUT2D eigenvalue weighted by molar-refractivity contribution is 5.94. The number of benzene rings is 1. The molecule has 118 valence electrons. The van der Waals surface area contributed by atoms with Crippen LogP contribution in [0.5, 0.6) is 0 Å². The van der Waals surface area contributed by atoms with Gasteiger partial charge in [-0.2, -0.15) is 0 Å². The molecule has 1 aromatic carbocycles. The summed E-state index contributed by atoms with van der Waals surface area (Å²) in [5.41, 5.74) is 2.57. The van der Waals surface area contributed by atoms with E-state index < -0.39 is 0 Å². The van der Waals surface area contributed by atoms with Crippen LogP contribution in [-0.2, 0) is 6.42 Å². The van der Waals surface area contributed by atoms with Crippen LogP contribution in [0, 0.1) is 17.8 Å². The lowest BCUT2D eigenvalue weighted by Gasteiger charge is -2.39. The minimum Gasteiger partial charge on any atom is -0.411 e. The first-order valence-corrected chi connectivity index (χ1v) is 8.85. The van der Waals surface area contributed by atoms with Gasteiger partial charge in [0, 0.05) is 5.92 Å². The summed E-state index contributed by atoms with van der Waals surface area (Å²) in [5, 5.41) is 13.1. The zero-order valence-corrected chi connectivity index (χ0v) is 13.2. The molecule has 3 atom stereocenters. The Kier molecular flexibility index (Phi) is 3.91. The second-order valence-corrected chi connectivity index (χ2v) is 7.41. The van der Waals surface area contributed by atoms with E-state index in [2.05, 4.69) is 40.4 Å². The Labute approximate surface area is 133 Å². The second-order valence-electron chi connectivity index (χ2n) is 7.41. The fourth-order valence-electron chi connectivity index (χ4n) is 5.06. The van der Waals surface area contributed by atoms with Gasteiger partial charge >= 0.3 is 0 Å². The van der Waals surface area contributed by atoms with Crippen LogP contribution >= 0.6 is 0 Å². The summed E-state index contributed by atoms with van der Waals surface area (Å²) in [5.74, 6) is 2.13. The lowest BCUT2D eigenvalue weighted by atomic mass is 9.86. The van der Waals surface area contributed by atoms with Crippen molar-refractivity contribution in [3.8, 4) is 0 Å². The standard InChI is InChI=1S/C19H26N2O/c22-20-18-16-6-7-17(13-16)19(18)21-10-8-15(9-11-21)12-14-4-2-1-3-5-14/h1-5,15-17,19,22H,6-13H2/b20-18+/t16-,17+,19+/m0/s1. The number of hydrogen-bond acceptors (Lipinski definition) is 3. The maximum Gasteiger partial charge on any atom is 0.0775 e. The lowest BCUT2D eigenvalue weighted by molar-refractivity contribution is 0.133. The van der Waals surface area contributed by atoms with Crippen molar-refractivity contribution < 1.29 is 5.21 Å². The monoisotopic (exact) mass is 298 g/mol. The van der Waals surface area contributed by atoms with Crippen molar-refractivity contribution in [1.29, 1.82) is 0 Å². The van der Waals surface area contributed by atoms with E-state index in [0.717, 1.165) is 17.5 Å². The molecule has 0 amide bonds. The van der Waals surface area contributed by atoms with E-state index in [0.29, 0.717) is 12.0 Å². The van der Waals surface area contributed by atoms with E-state index in [1.807, 2.05) is 0 Å². The molecule has 3 nitrogen and oxygen atoms in total. The molecule has 1 aliphatic heterocycles. The molecule has 1 saturated heterocycles. The quantitative estimate of drug-likeness (QED) is 0.684. The Balaban J connectivity index is 1.36. The van der Waals surface area contributed by atoms with Gasteiger partial charge in [0.2, 0.25) is 0 Å². The molecule has 0 spiro atoms. The molecule has 1 N–H and O–H groups in total. The second kappa shape index (κ2) is 6.04. The summed E-state index contributed by atoms with van der Waals surface area (Å²) in [4.78, 5) is 2.61. The maximum atomic E-state index is 9.40. The summed E-state index contributed by atoms with van der Waals surface area (Å²) in [6.45, 7) is 2.34. The van der Waals surface area contributed by atoms with Crippen molar-refractivity contribution >= 4 is 5.71 Å². The van der Waals surface area contributed by atoms with Crippen LogP contribution in [0.3, 0.4) is 0 Å². The van der Waals surface area contributed by atoms with Crippen molar-refractivity contribution in [2.24, 2.45) is 22.9 Å². The molecule has 0 radical (unpaired) electrons.